The van der Waals surface area contributed by atoms with Crippen LogP contribution in [0.25, 0.3) is 10.9 Å². The molecule has 1 aromatic heterocycles. The number of hydrogen-bond acceptors (Lipinski definition) is 8. The third kappa shape index (κ3) is 7.99. The average molecular weight is 522 g/mol. The van der Waals surface area contributed by atoms with Crippen LogP contribution in [0.2, 0.25) is 0 Å². The second-order valence-electron chi connectivity index (χ2n) is 8.62. The second kappa shape index (κ2) is 12.8. The lowest BCUT2D eigenvalue weighted by atomic mass is 10.0. The van der Waals surface area contributed by atoms with Gasteiger partial charge in [-0.2, -0.15) is 0 Å². The van der Waals surface area contributed by atoms with E-state index in [1.807, 2.05) is 0 Å². The van der Waals surface area contributed by atoms with Gasteiger partial charge in [-0.1, -0.05) is 18.2 Å². The predicted octanol–water partition coefficient (Wildman–Crippen LogP) is -2.19. The van der Waals surface area contributed by atoms with E-state index in [2.05, 4.69) is 20.9 Å². The highest BCUT2D eigenvalue weighted by molar-refractivity contribution is 5.95. The van der Waals surface area contributed by atoms with Crippen LogP contribution in [0.5, 0.6) is 0 Å². The Balaban J connectivity index is 2.31. The van der Waals surface area contributed by atoms with Gasteiger partial charge in [0, 0.05) is 23.5 Å². The predicted molar refractivity (Wildman–Crippen MR) is 129 cm³/mol. The Kier molecular flexibility index (Phi) is 10.1. The molecule has 6 atom stereocenters. The van der Waals surface area contributed by atoms with Crippen LogP contribution in [0.1, 0.15) is 25.8 Å². The Morgan fingerprint density at radius 2 is 1.49 bits per heavy atom. The van der Waals surface area contributed by atoms with E-state index < -0.39 is 72.5 Å². The smallest absolute Gasteiger partial charge is 0.328 e. The summed E-state index contributed by atoms with van der Waals surface area (Å²) in [6.45, 7) is 2.36. The van der Waals surface area contributed by atoms with Crippen LogP contribution in [-0.4, -0.2) is 91.4 Å². The maximum absolute atomic E-state index is 13.1. The van der Waals surface area contributed by atoms with Crippen LogP contribution >= 0.6 is 0 Å². The molecule has 0 aliphatic carbocycles. The topological polar surface area (TPSA) is 244 Å². The Hall–Kier alpha value is -4.01. The zero-order chi connectivity index (χ0) is 27.9. The molecule has 0 aliphatic rings. The molecule has 2 aromatic rings. The Bertz CT molecular complexity index is 1150. The van der Waals surface area contributed by atoms with Crippen LogP contribution in [0.15, 0.2) is 30.5 Å². The number of amides is 3. The van der Waals surface area contributed by atoms with Gasteiger partial charge in [0.1, 0.15) is 12.1 Å². The number of carbonyl (C=O) groups is 5. The molecule has 202 valence electrons. The van der Waals surface area contributed by atoms with Crippen LogP contribution < -0.4 is 21.7 Å². The highest BCUT2D eigenvalue weighted by atomic mass is 16.4. The molecule has 0 saturated carbocycles. The van der Waals surface area contributed by atoms with Crippen molar-refractivity contribution < 1.29 is 44.4 Å². The number of aliphatic hydroxyl groups excluding tert-OH is 2. The minimum absolute atomic E-state index is 0.118. The van der Waals surface area contributed by atoms with E-state index in [1.165, 1.54) is 13.8 Å². The summed E-state index contributed by atoms with van der Waals surface area (Å²) in [6, 6.07) is 0.947. The van der Waals surface area contributed by atoms with Crippen molar-refractivity contribution in [3.8, 4) is 0 Å². The van der Waals surface area contributed by atoms with Crippen molar-refractivity contribution in [3.63, 3.8) is 0 Å². The molecule has 0 saturated heterocycles. The molecule has 14 nitrogen and oxygen atoms in total. The molecule has 6 unspecified atom stereocenters. The third-order valence-corrected chi connectivity index (χ3v) is 5.57. The summed E-state index contributed by atoms with van der Waals surface area (Å²) in [6.07, 6.45) is -2.15. The van der Waals surface area contributed by atoms with Gasteiger partial charge in [-0.05, 0) is 25.5 Å². The average Bonchev–Trinajstić information content (AvgIpc) is 3.21. The summed E-state index contributed by atoms with van der Waals surface area (Å²) in [5.74, 6) is -5.80. The molecule has 0 fully saturated rings. The lowest BCUT2D eigenvalue weighted by molar-refractivity contribution is -0.145. The fraction of sp³-hybridized carbons (Fsp3) is 0.435. The van der Waals surface area contributed by atoms with Gasteiger partial charge in [0.25, 0.3) is 0 Å². The number of nitrogens with two attached hydrogens (primary N) is 1. The number of aromatic nitrogens is 1. The van der Waals surface area contributed by atoms with Crippen molar-refractivity contribution in [1.29, 1.82) is 0 Å². The minimum Gasteiger partial charge on any atom is -0.481 e. The van der Waals surface area contributed by atoms with Gasteiger partial charge < -0.3 is 47.1 Å². The van der Waals surface area contributed by atoms with Gasteiger partial charge in [-0.15, -0.1) is 0 Å². The number of H-pyrrole nitrogens is 1. The molecule has 1 aromatic carbocycles. The maximum atomic E-state index is 13.1. The number of aromatic amines is 1. The number of aliphatic carboxylic acids is 2. The van der Waals surface area contributed by atoms with Gasteiger partial charge in [0.15, 0.2) is 6.04 Å². The lowest BCUT2D eigenvalue weighted by Crippen LogP contribution is -2.61. The number of nitrogens with one attached hydrogen (secondary N) is 4. The van der Waals surface area contributed by atoms with E-state index in [0.717, 1.165) is 10.9 Å². The zero-order valence-corrected chi connectivity index (χ0v) is 20.2. The summed E-state index contributed by atoms with van der Waals surface area (Å²) in [7, 11) is 0. The molecule has 0 aliphatic heterocycles. The van der Waals surface area contributed by atoms with Crippen molar-refractivity contribution in [3.05, 3.63) is 36.0 Å². The number of rotatable bonds is 13. The fourth-order valence-electron chi connectivity index (χ4n) is 3.58. The quantitative estimate of drug-likeness (QED) is 0.138. The van der Waals surface area contributed by atoms with E-state index in [9.17, 15) is 39.3 Å². The Morgan fingerprint density at radius 3 is 2.05 bits per heavy atom. The molecule has 0 spiro atoms. The second-order valence-corrected chi connectivity index (χ2v) is 8.62. The summed E-state index contributed by atoms with van der Waals surface area (Å²) in [5, 5.41) is 45.5. The first-order valence-electron chi connectivity index (χ1n) is 11.3. The first kappa shape index (κ1) is 29.2. The molecular formula is C23H31N5O9. The van der Waals surface area contributed by atoms with Crippen molar-refractivity contribution in [1.82, 2.24) is 20.9 Å². The molecule has 37 heavy (non-hydrogen) atoms. The number of aliphatic hydroxyl groups is 2. The number of fused-ring (bicyclic) bond motifs is 1. The Labute approximate surface area is 211 Å². The monoisotopic (exact) mass is 521 g/mol. The Morgan fingerprint density at radius 1 is 0.892 bits per heavy atom. The lowest BCUT2D eigenvalue weighted by Gasteiger charge is -2.26. The number of carbonyl (C=O) groups excluding carboxylic acids is 3. The van der Waals surface area contributed by atoms with Gasteiger partial charge in [-0.3, -0.25) is 19.2 Å². The van der Waals surface area contributed by atoms with Gasteiger partial charge in [-0.25, -0.2) is 4.79 Å². The van der Waals surface area contributed by atoms with Crippen molar-refractivity contribution in [2.24, 2.45) is 5.73 Å². The van der Waals surface area contributed by atoms with Crippen molar-refractivity contribution in [2.75, 3.05) is 0 Å². The van der Waals surface area contributed by atoms with Crippen LogP contribution in [0.3, 0.4) is 0 Å². The van der Waals surface area contributed by atoms with E-state index >= 15 is 0 Å². The molecule has 3 amide bonds. The summed E-state index contributed by atoms with van der Waals surface area (Å²) in [4.78, 5) is 63.6. The van der Waals surface area contributed by atoms with Crippen molar-refractivity contribution in [2.45, 2.75) is 63.1 Å². The summed E-state index contributed by atoms with van der Waals surface area (Å²) >= 11 is 0. The molecule has 10 N–H and O–H groups in total. The van der Waals surface area contributed by atoms with Gasteiger partial charge in [0.2, 0.25) is 17.7 Å². The first-order chi connectivity index (χ1) is 17.3. The van der Waals surface area contributed by atoms with Gasteiger partial charge in [0.05, 0.1) is 24.7 Å². The molecule has 2 rings (SSSR count). The number of carboxylic acid groups (broad SMARTS) is 2. The number of para-hydroxylation sites is 1. The van der Waals surface area contributed by atoms with Crippen LogP contribution in [0, 0.1) is 0 Å². The normalized spacial score (nSPS) is 16.0. The minimum atomic E-state index is -1.67. The highest BCUT2D eigenvalue weighted by Crippen LogP contribution is 2.19. The van der Waals surface area contributed by atoms with E-state index in [-0.39, 0.29) is 6.42 Å². The SMILES string of the molecule is CC(O)C(NC(=O)C(Cc1c[nH]c2ccccc12)NC(=O)C(NC(=O)C(N)CC(=O)O)C(C)O)C(=O)O. The van der Waals surface area contributed by atoms with Crippen LogP contribution in [0.4, 0.5) is 0 Å². The molecular weight excluding hydrogens is 490 g/mol. The summed E-state index contributed by atoms with van der Waals surface area (Å²) in [5.41, 5.74) is 6.86. The number of benzene rings is 1. The maximum Gasteiger partial charge on any atom is 0.328 e. The fourth-order valence-corrected chi connectivity index (χ4v) is 3.58. The van der Waals surface area contributed by atoms with E-state index in [0.29, 0.717) is 5.56 Å². The van der Waals surface area contributed by atoms with Gasteiger partial charge >= 0.3 is 11.9 Å². The number of hydrogen-bond donors (Lipinski definition) is 9. The zero-order valence-electron chi connectivity index (χ0n) is 20.2. The van der Waals surface area contributed by atoms with Crippen molar-refractivity contribution >= 4 is 40.6 Å². The summed E-state index contributed by atoms with van der Waals surface area (Å²) < 4.78 is 0. The van der Waals surface area contributed by atoms with E-state index in [1.54, 1.807) is 30.5 Å². The highest BCUT2D eigenvalue weighted by Gasteiger charge is 2.34. The standard InChI is InChI=1S/C23H31N5O9/c1-10(29)18(27-20(33)14(24)8-17(31)32)22(35)26-16(21(34)28-19(11(2)30)23(36)37)7-12-9-25-15-6-4-3-5-13(12)15/h3-6,9-11,14,16,18-19,25,29-30H,7-8,24H2,1-2H3,(H,26,35)(H,27,33)(H,28,34)(H,31,32)(H,36,37). The largest absolute Gasteiger partial charge is 0.481 e. The molecule has 0 radical (unpaired) electrons. The molecule has 0 bridgehead atoms. The van der Waals surface area contributed by atoms with Crippen LogP contribution in [-0.2, 0) is 30.4 Å². The number of carboxylic acids is 2. The first-order valence-corrected chi connectivity index (χ1v) is 11.3. The molecule has 1 heterocycles. The third-order valence-electron chi connectivity index (χ3n) is 5.57. The van der Waals surface area contributed by atoms with E-state index in [4.69, 9.17) is 10.8 Å². The molecule has 14 heteroatoms.